The van der Waals surface area contributed by atoms with Crippen LogP contribution in [0.1, 0.15) is 67.8 Å². The van der Waals surface area contributed by atoms with Crippen molar-refractivity contribution in [1.82, 2.24) is 14.5 Å². The summed E-state index contributed by atoms with van der Waals surface area (Å²) in [5.41, 5.74) is 6.70. The van der Waals surface area contributed by atoms with E-state index in [-0.39, 0.29) is 5.41 Å². The van der Waals surface area contributed by atoms with E-state index in [2.05, 4.69) is 60.6 Å². The molecule has 4 heteroatoms. The van der Waals surface area contributed by atoms with Gasteiger partial charge in [-0.15, -0.1) is 0 Å². The zero-order valence-electron chi connectivity index (χ0n) is 17.7. The predicted octanol–water partition coefficient (Wildman–Crippen LogP) is 5.49. The third kappa shape index (κ3) is 2.21. The molecule has 1 saturated heterocycles. The van der Waals surface area contributed by atoms with Gasteiger partial charge in [0.15, 0.2) is 0 Å². The van der Waals surface area contributed by atoms with Crippen molar-refractivity contribution in [3.63, 3.8) is 0 Å². The Labute approximate surface area is 172 Å². The van der Waals surface area contributed by atoms with Crippen molar-refractivity contribution in [2.75, 3.05) is 13.1 Å². The summed E-state index contributed by atoms with van der Waals surface area (Å²) in [4.78, 5) is 7.64. The van der Waals surface area contributed by atoms with E-state index >= 15 is 0 Å². The second-order valence-electron chi connectivity index (χ2n) is 9.01. The molecule has 29 heavy (non-hydrogen) atoms. The first-order valence-corrected chi connectivity index (χ1v) is 11.2. The fraction of sp³-hybridized carbons (Fsp3) is 0.480. The molecular formula is C25H29N3O. The van der Waals surface area contributed by atoms with E-state index in [4.69, 9.17) is 9.40 Å². The van der Waals surface area contributed by atoms with Gasteiger partial charge in [-0.2, -0.15) is 0 Å². The van der Waals surface area contributed by atoms with Gasteiger partial charge in [0.05, 0.1) is 17.3 Å². The molecule has 3 aromatic rings. The number of hydrogen-bond donors (Lipinski definition) is 0. The number of aromatic nitrogens is 2. The lowest BCUT2D eigenvalue weighted by Crippen LogP contribution is -2.50. The molecule has 0 radical (unpaired) electrons. The number of fused-ring (bicyclic) bond motifs is 3. The Morgan fingerprint density at radius 3 is 2.86 bits per heavy atom. The molecule has 3 aliphatic heterocycles. The van der Waals surface area contributed by atoms with Crippen LogP contribution in [0.5, 0.6) is 0 Å². The average molecular weight is 388 g/mol. The lowest BCUT2D eigenvalue weighted by molar-refractivity contribution is 0.0269. The standard InChI is InChI=1S/C25H29N3O/c1-4-21-16(3)26-24(29-21)20-15-25(5-2)12-8-13-27-14-11-18-17-9-6-7-10-19(17)28(20)22(18)23(25)27/h6-7,9-10,15,23H,4-5,8,11-14H2,1-3H3/t23-,25+/m1/s1. The highest BCUT2D eigenvalue weighted by atomic mass is 16.4. The SMILES string of the molecule is CCc1oc(C2=C[C@]3(CC)CCCN4CCc5c(n2c2ccccc52)[C@@H]43)nc1C. The lowest BCUT2D eigenvalue weighted by atomic mass is 9.66. The molecule has 2 atom stereocenters. The molecule has 1 fully saturated rings. The van der Waals surface area contributed by atoms with Crippen molar-refractivity contribution in [1.29, 1.82) is 0 Å². The summed E-state index contributed by atoms with van der Waals surface area (Å²) < 4.78 is 8.81. The second kappa shape index (κ2) is 6.09. The average Bonchev–Trinajstić information content (AvgIpc) is 3.30. The Morgan fingerprint density at radius 1 is 1.21 bits per heavy atom. The summed E-state index contributed by atoms with van der Waals surface area (Å²) >= 11 is 0. The van der Waals surface area contributed by atoms with Gasteiger partial charge in [-0.25, -0.2) is 4.98 Å². The van der Waals surface area contributed by atoms with Gasteiger partial charge in [0.1, 0.15) is 11.5 Å². The third-order valence-electron chi connectivity index (χ3n) is 7.68. The maximum atomic E-state index is 6.32. The minimum absolute atomic E-state index is 0.169. The van der Waals surface area contributed by atoms with Crippen molar-refractivity contribution in [2.24, 2.45) is 5.41 Å². The Bertz CT molecular complexity index is 1150. The van der Waals surface area contributed by atoms with Crippen molar-refractivity contribution in [3.8, 4) is 0 Å². The molecule has 150 valence electrons. The molecule has 0 bridgehead atoms. The quantitative estimate of drug-likeness (QED) is 0.596. The number of benzene rings is 1. The maximum Gasteiger partial charge on any atom is 0.243 e. The number of rotatable bonds is 3. The maximum absolute atomic E-state index is 6.32. The monoisotopic (exact) mass is 387 g/mol. The molecule has 3 aliphatic rings. The lowest BCUT2D eigenvalue weighted by Gasteiger charge is -2.53. The smallest absolute Gasteiger partial charge is 0.243 e. The summed E-state index contributed by atoms with van der Waals surface area (Å²) in [5.74, 6) is 1.79. The third-order valence-corrected chi connectivity index (χ3v) is 7.68. The van der Waals surface area contributed by atoms with Crippen LogP contribution in [0.15, 0.2) is 34.8 Å². The van der Waals surface area contributed by atoms with Crippen LogP contribution in [-0.2, 0) is 12.8 Å². The molecule has 0 N–H and O–H groups in total. The van der Waals surface area contributed by atoms with Crippen molar-refractivity contribution < 1.29 is 4.42 Å². The van der Waals surface area contributed by atoms with Crippen LogP contribution >= 0.6 is 0 Å². The fourth-order valence-electron chi connectivity index (χ4n) is 6.30. The number of nitrogens with zero attached hydrogens (tertiary/aromatic N) is 3. The van der Waals surface area contributed by atoms with Gasteiger partial charge in [0.2, 0.25) is 5.89 Å². The highest BCUT2D eigenvalue weighted by Crippen LogP contribution is 2.57. The predicted molar refractivity (Wildman–Crippen MR) is 116 cm³/mol. The summed E-state index contributed by atoms with van der Waals surface area (Å²) in [6.07, 6.45) is 8.22. The van der Waals surface area contributed by atoms with E-state index in [1.54, 1.807) is 5.56 Å². The highest BCUT2D eigenvalue weighted by Gasteiger charge is 2.50. The topological polar surface area (TPSA) is 34.2 Å². The molecule has 0 amide bonds. The van der Waals surface area contributed by atoms with Crippen LogP contribution in [0.4, 0.5) is 0 Å². The summed E-state index contributed by atoms with van der Waals surface area (Å²) in [6, 6.07) is 9.39. The number of aryl methyl sites for hydroxylation is 2. The van der Waals surface area contributed by atoms with Crippen molar-refractivity contribution in [2.45, 2.75) is 58.9 Å². The molecule has 6 rings (SSSR count). The zero-order valence-corrected chi connectivity index (χ0v) is 17.7. The van der Waals surface area contributed by atoms with Crippen LogP contribution in [-0.4, -0.2) is 27.5 Å². The van der Waals surface area contributed by atoms with Gasteiger partial charge in [0, 0.05) is 29.5 Å². The van der Waals surface area contributed by atoms with E-state index in [1.807, 2.05) is 0 Å². The number of piperidine rings is 1. The minimum Gasteiger partial charge on any atom is -0.440 e. The molecule has 0 saturated carbocycles. The molecule has 1 aromatic carbocycles. The molecule has 0 unspecified atom stereocenters. The Morgan fingerprint density at radius 2 is 2.07 bits per heavy atom. The first-order chi connectivity index (χ1) is 14.2. The minimum atomic E-state index is 0.169. The molecule has 4 nitrogen and oxygen atoms in total. The van der Waals surface area contributed by atoms with Crippen LogP contribution in [0.25, 0.3) is 16.6 Å². The number of hydrogen-bond acceptors (Lipinski definition) is 3. The Hall–Kier alpha value is -2.33. The van der Waals surface area contributed by atoms with E-state index in [0.29, 0.717) is 6.04 Å². The molecule has 0 aliphatic carbocycles. The second-order valence-corrected chi connectivity index (χ2v) is 9.01. The molecular weight excluding hydrogens is 358 g/mol. The Kier molecular flexibility index (Phi) is 3.68. The van der Waals surface area contributed by atoms with Crippen LogP contribution in [0, 0.1) is 12.3 Å². The van der Waals surface area contributed by atoms with Gasteiger partial charge < -0.3 is 8.98 Å². The first kappa shape index (κ1) is 17.5. The number of oxazole rings is 1. The summed E-state index contributed by atoms with van der Waals surface area (Å²) in [5, 5.41) is 1.41. The largest absolute Gasteiger partial charge is 0.440 e. The summed E-state index contributed by atoms with van der Waals surface area (Å²) in [7, 11) is 0. The molecule has 5 heterocycles. The first-order valence-electron chi connectivity index (χ1n) is 11.2. The summed E-state index contributed by atoms with van der Waals surface area (Å²) in [6.45, 7) is 8.97. The van der Waals surface area contributed by atoms with E-state index < -0.39 is 0 Å². The van der Waals surface area contributed by atoms with Crippen molar-refractivity contribution >= 4 is 16.6 Å². The van der Waals surface area contributed by atoms with Gasteiger partial charge in [-0.1, -0.05) is 32.0 Å². The zero-order chi connectivity index (χ0) is 19.8. The van der Waals surface area contributed by atoms with Gasteiger partial charge in [0.25, 0.3) is 0 Å². The van der Waals surface area contributed by atoms with Crippen LogP contribution in [0.2, 0.25) is 0 Å². The number of para-hydroxylation sites is 1. The fourth-order valence-corrected chi connectivity index (χ4v) is 6.30. The molecule has 0 spiro atoms. The Balaban J connectivity index is 1.70. The van der Waals surface area contributed by atoms with Gasteiger partial charge >= 0.3 is 0 Å². The normalized spacial score (nSPS) is 25.9. The molecule has 2 aromatic heterocycles. The highest BCUT2D eigenvalue weighted by molar-refractivity contribution is 5.91. The van der Waals surface area contributed by atoms with Gasteiger partial charge in [-0.3, -0.25) is 4.90 Å². The van der Waals surface area contributed by atoms with E-state index in [9.17, 15) is 0 Å². The van der Waals surface area contributed by atoms with Gasteiger partial charge in [-0.05, 0) is 56.9 Å². The van der Waals surface area contributed by atoms with Crippen molar-refractivity contribution in [3.05, 3.63) is 58.9 Å². The van der Waals surface area contributed by atoms with E-state index in [1.165, 1.54) is 42.5 Å². The van der Waals surface area contributed by atoms with E-state index in [0.717, 1.165) is 42.3 Å². The van der Waals surface area contributed by atoms with Crippen LogP contribution in [0.3, 0.4) is 0 Å². The van der Waals surface area contributed by atoms with Crippen LogP contribution < -0.4 is 0 Å².